The zero-order chi connectivity index (χ0) is 20.5. The lowest BCUT2D eigenvalue weighted by molar-refractivity contribution is 0.0698. The number of nitrogens with zero attached hydrogens (tertiary/aromatic N) is 2. The molecular weight excluding hydrogens is 369 g/mol. The second kappa shape index (κ2) is 7.70. The molecule has 0 radical (unpaired) electrons. The maximum absolute atomic E-state index is 15.0. The number of carboxylic acid groups (broad SMARTS) is 1. The van der Waals surface area contributed by atoms with E-state index in [1.807, 2.05) is 26.0 Å². The van der Waals surface area contributed by atoms with E-state index in [2.05, 4.69) is 10.2 Å². The number of halogens is 1. The van der Waals surface area contributed by atoms with Gasteiger partial charge in [0.25, 0.3) is 0 Å². The maximum Gasteiger partial charge on any atom is 0.337 e. The van der Waals surface area contributed by atoms with Crippen molar-refractivity contribution >= 4 is 28.4 Å². The third-order valence-corrected chi connectivity index (χ3v) is 5.45. The van der Waals surface area contributed by atoms with E-state index >= 15 is 0 Å². The van der Waals surface area contributed by atoms with Gasteiger partial charge in [0.05, 0.1) is 17.1 Å². The summed E-state index contributed by atoms with van der Waals surface area (Å²) in [7, 11) is 0. The van der Waals surface area contributed by atoms with Gasteiger partial charge in [0.1, 0.15) is 11.6 Å². The number of hydrogen-bond acceptors (Lipinski definition) is 4. The van der Waals surface area contributed by atoms with Crippen LogP contribution >= 0.6 is 0 Å². The standard InChI is InChI=1S/C23H24FN3O2/c1-14-11-17(15(2)25-20-8-4-3-7-16(20)23(28)29)22-18(12-14)19(24)13-21(26-22)27-9-5-6-10-27/h3-4,7-8,11-13,15,25H,5-6,9-10H2,1-2H3,(H,28,29)/t15-/m1/s1. The number of anilines is 2. The molecule has 29 heavy (non-hydrogen) atoms. The molecule has 2 aromatic carbocycles. The molecule has 0 unspecified atom stereocenters. The van der Waals surface area contributed by atoms with Crippen LogP contribution in [0.25, 0.3) is 10.9 Å². The molecule has 150 valence electrons. The summed E-state index contributed by atoms with van der Waals surface area (Å²) in [6, 6.07) is 11.9. The first-order valence-electron chi connectivity index (χ1n) is 9.88. The predicted octanol–water partition coefficient (Wildman–Crippen LogP) is 5.15. The van der Waals surface area contributed by atoms with Gasteiger partial charge in [-0.2, -0.15) is 0 Å². The molecule has 1 saturated heterocycles. The largest absolute Gasteiger partial charge is 0.478 e. The van der Waals surface area contributed by atoms with Gasteiger partial charge in [-0.25, -0.2) is 14.2 Å². The minimum Gasteiger partial charge on any atom is -0.478 e. The summed E-state index contributed by atoms with van der Waals surface area (Å²) in [5, 5.41) is 13.2. The van der Waals surface area contributed by atoms with Crippen molar-refractivity contribution in [3.05, 3.63) is 65.0 Å². The third kappa shape index (κ3) is 3.75. The molecule has 5 nitrogen and oxygen atoms in total. The first-order valence-corrected chi connectivity index (χ1v) is 9.88. The average Bonchev–Trinajstić information content (AvgIpc) is 3.23. The lowest BCUT2D eigenvalue weighted by Gasteiger charge is -2.22. The Hall–Kier alpha value is -3.15. The van der Waals surface area contributed by atoms with E-state index in [0.717, 1.165) is 37.1 Å². The Bertz CT molecular complexity index is 1080. The van der Waals surface area contributed by atoms with E-state index < -0.39 is 5.97 Å². The minimum atomic E-state index is -0.991. The highest BCUT2D eigenvalue weighted by molar-refractivity contribution is 5.94. The summed E-state index contributed by atoms with van der Waals surface area (Å²) >= 11 is 0. The van der Waals surface area contributed by atoms with Gasteiger partial charge < -0.3 is 15.3 Å². The highest BCUT2D eigenvalue weighted by Crippen LogP contribution is 2.32. The minimum absolute atomic E-state index is 0.202. The summed E-state index contributed by atoms with van der Waals surface area (Å²) in [6.07, 6.45) is 2.18. The number of pyridine rings is 1. The molecule has 1 fully saturated rings. The van der Waals surface area contributed by atoms with Crippen LogP contribution in [0, 0.1) is 12.7 Å². The normalized spacial score (nSPS) is 14.9. The number of aromatic nitrogens is 1. The van der Waals surface area contributed by atoms with Gasteiger partial charge in [-0.1, -0.05) is 18.2 Å². The zero-order valence-corrected chi connectivity index (χ0v) is 16.6. The van der Waals surface area contributed by atoms with E-state index in [-0.39, 0.29) is 17.4 Å². The Morgan fingerprint density at radius 3 is 2.66 bits per heavy atom. The van der Waals surface area contributed by atoms with Crippen molar-refractivity contribution < 1.29 is 14.3 Å². The van der Waals surface area contributed by atoms with Gasteiger partial charge in [0.15, 0.2) is 0 Å². The number of hydrogen-bond donors (Lipinski definition) is 2. The number of carbonyl (C=O) groups is 1. The molecule has 1 aromatic heterocycles. The molecule has 0 aliphatic carbocycles. The highest BCUT2D eigenvalue weighted by Gasteiger charge is 2.20. The van der Waals surface area contributed by atoms with Crippen molar-refractivity contribution in [1.29, 1.82) is 0 Å². The van der Waals surface area contributed by atoms with Crippen molar-refractivity contribution in [1.82, 2.24) is 4.98 Å². The molecule has 4 rings (SSSR count). The zero-order valence-electron chi connectivity index (χ0n) is 16.6. The highest BCUT2D eigenvalue weighted by atomic mass is 19.1. The molecule has 3 aromatic rings. The molecule has 0 amide bonds. The fourth-order valence-electron chi connectivity index (χ4n) is 4.00. The molecule has 6 heteroatoms. The van der Waals surface area contributed by atoms with Gasteiger partial charge in [0, 0.05) is 35.8 Å². The van der Waals surface area contributed by atoms with Crippen LogP contribution in [0.1, 0.15) is 47.3 Å². The number of rotatable bonds is 5. The number of benzene rings is 2. The number of fused-ring (bicyclic) bond motifs is 1. The van der Waals surface area contributed by atoms with E-state index in [0.29, 0.717) is 22.4 Å². The van der Waals surface area contributed by atoms with E-state index in [1.165, 1.54) is 6.07 Å². The number of para-hydroxylation sites is 1. The Morgan fingerprint density at radius 1 is 1.21 bits per heavy atom. The molecule has 0 spiro atoms. The monoisotopic (exact) mass is 393 g/mol. The molecule has 2 N–H and O–H groups in total. The Labute approximate surface area is 169 Å². The second-order valence-corrected chi connectivity index (χ2v) is 7.62. The molecular formula is C23H24FN3O2. The summed E-state index contributed by atoms with van der Waals surface area (Å²) in [5.41, 5.74) is 3.12. The van der Waals surface area contributed by atoms with Gasteiger partial charge in [-0.05, 0) is 50.5 Å². The van der Waals surface area contributed by atoms with Crippen LogP contribution in [0.4, 0.5) is 15.9 Å². The lowest BCUT2D eigenvalue weighted by Crippen LogP contribution is -2.19. The first-order chi connectivity index (χ1) is 13.9. The number of aryl methyl sites for hydroxylation is 1. The number of aromatic carboxylic acids is 1. The van der Waals surface area contributed by atoms with Crippen LogP contribution in [-0.4, -0.2) is 29.1 Å². The maximum atomic E-state index is 15.0. The smallest absolute Gasteiger partial charge is 0.337 e. The van der Waals surface area contributed by atoms with Crippen LogP contribution in [0.5, 0.6) is 0 Å². The van der Waals surface area contributed by atoms with Crippen molar-refractivity contribution in [2.45, 2.75) is 32.7 Å². The predicted molar refractivity (Wildman–Crippen MR) is 113 cm³/mol. The van der Waals surface area contributed by atoms with Crippen LogP contribution in [0.15, 0.2) is 42.5 Å². The second-order valence-electron chi connectivity index (χ2n) is 7.62. The fraction of sp³-hybridized carbons (Fsp3) is 0.304. The summed E-state index contributed by atoms with van der Waals surface area (Å²) < 4.78 is 15.0. The van der Waals surface area contributed by atoms with Crippen LogP contribution in [-0.2, 0) is 0 Å². The van der Waals surface area contributed by atoms with Crippen LogP contribution in [0.2, 0.25) is 0 Å². The first kappa shape index (κ1) is 19.2. The molecule has 1 atom stereocenters. The number of carboxylic acids is 1. The Balaban J connectivity index is 1.79. The molecule has 1 aliphatic rings. The third-order valence-electron chi connectivity index (χ3n) is 5.45. The SMILES string of the molecule is Cc1cc([C@@H](C)Nc2ccccc2C(=O)O)c2nc(N3CCCC3)cc(F)c2c1. The van der Waals surface area contributed by atoms with Gasteiger partial charge in [-0.3, -0.25) is 0 Å². The van der Waals surface area contributed by atoms with Gasteiger partial charge in [-0.15, -0.1) is 0 Å². The summed E-state index contributed by atoms with van der Waals surface area (Å²) in [6.45, 7) is 5.64. The summed E-state index contributed by atoms with van der Waals surface area (Å²) in [5.74, 6) is -0.606. The average molecular weight is 393 g/mol. The quantitative estimate of drug-likeness (QED) is 0.627. The lowest BCUT2D eigenvalue weighted by atomic mass is 9.99. The summed E-state index contributed by atoms with van der Waals surface area (Å²) in [4.78, 5) is 18.5. The Morgan fingerprint density at radius 2 is 1.93 bits per heavy atom. The van der Waals surface area contributed by atoms with Crippen molar-refractivity contribution in [3.8, 4) is 0 Å². The van der Waals surface area contributed by atoms with Gasteiger partial charge >= 0.3 is 5.97 Å². The van der Waals surface area contributed by atoms with Crippen LogP contribution in [0.3, 0.4) is 0 Å². The molecule has 0 saturated carbocycles. The topological polar surface area (TPSA) is 65.5 Å². The Kier molecular flexibility index (Phi) is 5.09. The van der Waals surface area contributed by atoms with E-state index in [9.17, 15) is 14.3 Å². The van der Waals surface area contributed by atoms with E-state index in [4.69, 9.17) is 4.98 Å². The van der Waals surface area contributed by atoms with Gasteiger partial charge in [0.2, 0.25) is 0 Å². The van der Waals surface area contributed by atoms with Crippen molar-refractivity contribution in [3.63, 3.8) is 0 Å². The number of nitrogens with one attached hydrogen (secondary N) is 1. The molecule has 1 aliphatic heterocycles. The van der Waals surface area contributed by atoms with E-state index in [1.54, 1.807) is 24.3 Å². The van der Waals surface area contributed by atoms with Crippen LogP contribution < -0.4 is 10.2 Å². The van der Waals surface area contributed by atoms with Crippen molar-refractivity contribution in [2.75, 3.05) is 23.3 Å². The molecule has 2 heterocycles. The van der Waals surface area contributed by atoms with Crippen molar-refractivity contribution in [2.24, 2.45) is 0 Å². The molecule has 0 bridgehead atoms. The fourth-order valence-corrected chi connectivity index (χ4v) is 4.00.